The van der Waals surface area contributed by atoms with E-state index < -0.39 is 0 Å². The molecule has 0 bridgehead atoms. The van der Waals surface area contributed by atoms with Crippen LogP contribution in [0.1, 0.15) is 32.3 Å². The highest BCUT2D eigenvalue weighted by molar-refractivity contribution is 14.0. The molecule has 7 nitrogen and oxygen atoms in total. The molecule has 1 atom stereocenters. The molecule has 1 heterocycles. The molecule has 0 aromatic heterocycles. The van der Waals surface area contributed by atoms with Gasteiger partial charge in [-0.15, -0.1) is 24.0 Å². The predicted molar refractivity (Wildman–Crippen MR) is 123 cm³/mol. The van der Waals surface area contributed by atoms with Crippen LogP contribution in [-0.2, 0) is 4.74 Å². The Labute approximate surface area is 185 Å². The van der Waals surface area contributed by atoms with Crippen LogP contribution < -0.4 is 15.4 Å². The summed E-state index contributed by atoms with van der Waals surface area (Å²) in [5.41, 5.74) is 1.18. The van der Waals surface area contributed by atoms with Gasteiger partial charge in [0.1, 0.15) is 11.9 Å². The fraction of sp³-hybridized carbons (Fsp3) is 0.600. The van der Waals surface area contributed by atoms with E-state index in [9.17, 15) is 4.79 Å². The molecule has 1 aromatic rings. The van der Waals surface area contributed by atoms with Gasteiger partial charge in [-0.05, 0) is 51.3 Å². The second-order valence-electron chi connectivity index (χ2n) is 6.80. The number of amides is 1. The van der Waals surface area contributed by atoms with Crippen molar-refractivity contribution in [3.8, 4) is 5.75 Å². The van der Waals surface area contributed by atoms with E-state index in [1.165, 1.54) is 5.56 Å². The second kappa shape index (κ2) is 12.7. The van der Waals surface area contributed by atoms with Crippen LogP contribution in [0.15, 0.2) is 29.3 Å². The molecule has 0 spiro atoms. The average molecular weight is 504 g/mol. The Morgan fingerprint density at radius 1 is 1.36 bits per heavy atom. The molecule has 1 aromatic carbocycles. The van der Waals surface area contributed by atoms with Gasteiger partial charge >= 0.3 is 6.09 Å². The van der Waals surface area contributed by atoms with Crippen molar-refractivity contribution in [3.05, 3.63) is 29.8 Å². The molecule has 158 valence electrons. The number of nitrogens with zero attached hydrogens (tertiary/aromatic N) is 2. The number of aryl methyl sites for hydroxylation is 1. The van der Waals surface area contributed by atoms with Crippen LogP contribution >= 0.6 is 24.0 Å². The number of ether oxygens (including phenoxy) is 2. The summed E-state index contributed by atoms with van der Waals surface area (Å²) in [5, 5.41) is 6.74. The van der Waals surface area contributed by atoms with Gasteiger partial charge in [-0.2, -0.15) is 0 Å². The molecule has 1 saturated heterocycles. The zero-order valence-electron chi connectivity index (χ0n) is 17.2. The number of hydrogen-bond donors (Lipinski definition) is 2. The van der Waals surface area contributed by atoms with Gasteiger partial charge in [0.2, 0.25) is 0 Å². The molecular formula is C20H33IN4O3. The summed E-state index contributed by atoms with van der Waals surface area (Å²) in [6, 6.07) is 8.33. The van der Waals surface area contributed by atoms with Crippen molar-refractivity contribution in [2.75, 3.05) is 33.3 Å². The quantitative estimate of drug-likeness (QED) is 0.354. The van der Waals surface area contributed by atoms with Crippen molar-refractivity contribution >= 4 is 36.0 Å². The summed E-state index contributed by atoms with van der Waals surface area (Å²) in [7, 11) is 1.76. The zero-order chi connectivity index (χ0) is 19.6. The predicted octanol–water partition coefficient (Wildman–Crippen LogP) is 3.17. The van der Waals surface area contributed by atoms with Crippen LogP contribution in [-0.4, -0.2) is 62.4 Å². The monoisotopic (exact) mass is 504 g/mol. The molecule has 1 unspecified atom stereocenters. The Bertz CT molecular complexity index is 634. The lowest BCUT2D eigenvalue weighted by molar-refractivity contribution is 0.0963. The highest BCUT2D eigenvalue weighted by Crippen LogP contribution is 2.14. The van der Waals surface area contributed by atoms with Crippen LogP contribution in [0, 0.1) is 6.92 Å². The highest BCUT2D eigenvalue weighted by Gasteiger charge is 2.24. The minimum absolute atomic E-state index is 0. The topological polar surface area (TPSA) is 75.2 Å². The molecule has 0 saturated carbocycles. The van der Waals surface area contributed by atoms with Crippen LogP contribution in [0.3, 0.4) is 0 Å². The number of aliphatic imine (C=N–C) groups is 1. The number of carbonyl (C=O) groups excluding carboxylic acids is 1. The first kappa shape index (κ1) is 24.3. The lowest BCUT2D eigenvalue weighted by atomic mass is 10.1. The van der Waals surface area contributed by atoms with E-state index in [1.807, 2.05) is 32.0 Å². The number of carbonyl (C=O) groups is 1. The number of nitrogens with one attached hydrogen (secondary N) is 2. The second-order valence-corrected chi connectivity index (χ2v) is 6.80. The van der Waals surface area contributed by atoms with E-state index in [0.717, 1.165) is 24.6 Å². The van der Waals surface area contributed by atoms with Crippen molar-refractivity contribution in [2.45, 2.75) is 45.8 Å². The highest BCUT2D eigenvalue weighted by atomic mass is 127. The molecule has 0 radical (unpaired) electrons. The summed E-state index contributed by atoms with van der Waals surface area (Å²) in [4.78, 5) is 17.8. The zero-order valence-corrected chi connectivity index (χ0v) is 19.6. The summed E-state index contributed by atoms with van der Waals surface area (Å²) in [5.74, 6) is 1.63. The number of rotatable bonds is 6. The lowest BCUT2D eigenvalue weighted by Gasteiger charge is -2.32. The summed E-state index contributed by atoms with van der Waals surface area (Å²) >= 11 is 0. The molecule has 1 aliphatic heterocycles. The molecule has 8 heteroatoms. The van der Waals surface area contributed by atoms with Crippen molar-refractivity contribution < 1.29 is 14.3 Å². The van der Waals surface area contributed by atoms with Crippen LogP contribution in [0.4, 0.5) is 4.79 Å². The Kier molecular flexibility index (Phi) is 11.0. The molecule has 28 heavy (non-hydrogen) atoms. The summed E-state index contributed by atoms with van der Waals surface area (Å²) in [6.45, 7) is 8.35. The molecule has 1 fully saturated rings. The van der Waals surface area contributed by atoms with E-state index in [1.54, 1.807) is 11.9 Å². The van der Waals surface area contributed by atoms with Gasteiger partial charge in [0.15, 0.2) is 5.96 Å². The number of guanidine groups is 1. The molecule has 2 N–H and O–H groups in total. The van der Waals surface area contributed by atoms with Gasteiger partial charge in [0.05, 0.1) is 13.2 Å². The van der Waals surface area contributed by atoms with Gasteiger partial charge in [-0.1, -0.05) is 12.1 Å². The smallest absolute Gasteiger partial charge is 0.409 e. The SMILES string of the molecule is CCOC(=O)N1CCC(NC(=NC)NCC(C)Oc2cccc(C)c2)CC1.I. The van der Waals surface area contributed by atoms with Crippen molar-refractivity contribution in [1.82, 2.24) is 15.5 Å². The molecule has 0 aliphatic carbocycles. The van der Waals surface area contributed by atoms with Crippen LogP contribution in [0.25, 0.3) is 0 Å². The standard InChI is InChI=1S/C20H32N4O3.HI/c1-5-26-20(25)24-11-9-17(10-12-24)23-19(21-4)22-14-16(3)27-18-8-6-7-15(2)13-18;/h6-8,13,16-17H,5,9-12,14H2,1-4H3,(H2,21,22,23);1H. The van der Waals surface area contributed by atoms with Crippen LogP contribution in [0.2, 0.25) is 0 Å². The van der Waals surface area contributed by atoms with Crippen molar-refractivity contribution in [1.29, 1.82) is 0 Å². The summed E-state index contributed by atoms with van der Waals surface area (Å²) in [6.07, 6.45) is 1.53. The Balaban J connectivity index is 0.00000392. The number of hydrogen-bond acceptors (Lipinski definition) is 4. The molecule has 1 amide bonds. The number of piperidine rings is 1. The van der Waals surface area contributed by atoms with E-state index in [2.05, 4.69) is 28.6 Å². The molecule has 2 rings (SSSR count). The number of benzene rings is 1. The third-order valence-electron chi connectivity index (χ3n) is 4.47. The third-order valence-corrected chi connectivity index (χ3v) is 4.47. The van der Waals surface area contributed by atoms with E-state index >= 15 is 0 Å². The Morgan fingerprint density at radius 2 is 2.07 bits per heavy atom. The lowest BCUT2D eigenvalue weighted by Crippen LogP contribution is -2.50. The minimum atomic E-state index is -0.222. The van der Waals surface area contributed by atoms with Gasteiger partial charge in [-0.25, -0.2) is 4.79 Å². The van der Waals surface area contributed by atoms with E-state index in [0.29, 0.717) is 26.2 Å². The third kappa shape index (κ3) is 8.12. The first-order valence-corrected chi connectivity index (χ1v) is 9.64. The van der Waals surface area contributed by atoms with E-state index in [-0.39, 0.29) is 42.2 Å². The summed E-state index contributed by atoms with van der Waals surface area (Å²) < 4.78 is 11.0. The minimum Gasteiger partial charge on any atom is -0.489 e. The first-order valence-electron chi connectivity index (χ1n) is 9.64. The molecular weight excluding hydrogens is 471 g/mol. The fourth-order valence-corrected chi connectivity index (χ4v) is 3.01. The van der Waals surface area contributed by atoms with Gasteiger partial charge in [0.25, 0.3) is 0 Å². The maximum Gasteiger partial charge on any atom is 0.409 e. The maximum absolute atomic E-state index is 11.8. The van der Waals surface area contributed by atoms with Crippen molar-refractivity contribution in [2.24, 2.45) is 4.99 Å². The van der Waals surface area contributed by atoms with E-state index in [4.69, 9.17) is 9.47 Å². The molecule has 1 aliphatic rings. The first-order chi connectivity index (χ1) is 13.0. The fourth-order valence-electron chi connectivity index (χ4n) is 3.01. The Morgan fingerprint density at radius 3 is 2.68 bits per heavy atom. The van der Waals surface area contributed by atoms with Gasteiger partial charge in [0, 0.05) is 26.2 Å². The van der Waals surface area contributed by atoms with Crippen LogP contribution in [0.5, 0.6) is 5.75 Å². The Hall–Kier alpha value is -1.71. The van der Waals surface area contributed by atoms with Gasteiger partial charge in [-0.3, -0.25) is 4.99 Å². The normalized spacial score (nSPS) is 16.0. The number of halogens is 1. The van der Waals surface area contributed by atoms with Crippen molar-refractivity contribution in [3.63, 3.8) is 0 Å². The van der Waals surface area contributed by atoms with Gasteiger partial charge < -0.3 is 25.0 Å². The maximum atomic E-state index is 11.8. The number of likely N-dealkylation sites (tertiary alicyclic amines) is 1. The largest absolute Gasteiger partial charge is 0.489 e. The average Bonchev–Trinajstić information content (AvgIpc) is 2.65.